The van der Waals surface area contributed by atoms with Gasteiger partial charge in [-0.25, -0.2) is 4.98 Å². The highest BCUT2D eigenvalue weighted by Crippen LogP contribution is 2.47. The maximum atomic E-state index is 14.4. The van der Waals surface area contributed by atoms with E-state index in [1.807, 2.05) is 24.4 Å². The molecule has 2 saturated heterocycles. The Balaban J connectivity index is 1.31. The van der Waals surface area contributed by atoms with Crippen molar-refractivity contribution < 1.29 is 13.9 Å². The molecule has 7 heteroatoms. The Bertz CT molecular complexity index is 1370. The van der Waals surface area contributed by atoms with Gasteiger partial charge in [0, 0.05) is 37.7 Å². The molecule has 2 aromatic heterocycles. The summed E-state index contributed by atoms with van der Waals surface area (Å²) in [6.07, 6.45) is 9.71. The van der Waals surface area contributed by atoms with Crippen molar-refractivity contribution >= 4 is 28.1 Å². The number of aromatic nitrogens is 3. The minimum absolute atomic E-state index is 0.229. The Morgan fingerprint density at radius 3 is 2.37 bits per heavy atom. The van der Waals surface area contributed by atoms with Gasteiger partial charge in [-0.1, -0.05) is 12.1 Å². The number of H-pyrrole nitrogens is 1. The molecule has 1 aromatic carbocycles. The van der Waals surface area contributed by atoms with Crippen molar-refractivity contribution in [3.8, 4) is 0 Å². The number of allylic oxidation sites excluding steroid dienone is 1. The lowest BCUT2D eigenvalue weighted by Crippen LogP contribution is -2.47. The number of halogens is 1. The molecule has 1 spiro atoms. The van der Waals surface area contributed by atoms with Crippen molar-refractivity contribution in [1.29, 1.82) is 0 Å². The number of ketones is 1. The van der Waals surface area contributed by atoms with E-state index in [9.17, 15) is 9.18 Å². The van der Waals surface area contributed by atoms with Crippen LogP contribution in [0.4, 0.5) is 10.2 Å². The second-order valence-electron chi connectivity index (χ2n) is 12.9. The maximum absolute atomic E-state index is 14.4. The number of rotatable bonds is 4. The van der Waals surface area contributed by atoms with Crippen molar-refractivity contribution in [2.24, 2.45) is 11.3 Å². The van der Waals surface area contributed by atoms with Gasteiger partial charge in [-0.2, -0.15) is 4.39 Å². The molecule has 3 aliphatic rings. The molecule has 0 amide bonds. The van der Waals surface area contributed by atoms with Gasteiger partial charge in [0.05, 0.1) is 22.1 Å². The third-order valence-corrected chi connectivity index (χ3v) is 8.64. The van der Waals surface area contributed by atoms with Crippen LogP contribution in [0.2, 0.25) is 0 Å². The third-order valence-electron chi connectivity index (χ3n) is 8.64. The molecular weight excluding hydrogens is 479 g/mol. The van der Waals surface area contributed by atoms with Gasteiger partial charge in [-0.3, -0.25) is 9.89 Å². The van der Waals surface area contributed by atoms with E-state index >= 15 is 0 Å². The van der Waals surface area contributed by atoms with Crippen molar-refractivity contribution in [2.75, 3.05) is 18.0 Å². The summed E-state index contributed by atoms with van der Waals surface area (Å²) < 4.78 is 20.7. The zero-order valence-corrected chi connectivity index (χ0v) is 22.8. The smallest absolute Gasteiger partial charge is 0.240 e. The SMILES string of the molecule is CC1(C)CC(C=C(c2ccc(N3CCC4(CC3)CC(=O)C4)nc2)c2ccc3[nH]nc(F)c3c2)CC(C)(C)O1. The number of piperidine rings is 1. The lowest BCUT2D eigenvalue weighted by Gasteiger charge is -2.47. The summed E-state index contributed by atoms with van der Waals surface area (Å²) in [6, 6.07) is 10.0. The van der Waals surface area contributed by atoms with E-state index < -0.39 is 5.95 Å². The fourth-order valence-corrected chi connectivity index (χ4v) is 7.11. The molecule has 6 nitrogen and oxygen atoms in total. The molecule has 4 heterocycles. The number of benzene rings is 1. The van der Waals surface area contributed by atoms with E-state index in [-0.39, 0.29) is 16.6 Å². The molecule has 0 radical (unpaired) electrons. The van der Waals surface area contributed by atoms with Crippen LogP contribution in [-0.4, -0.2) is 45.3 Å². The lowest BCUT2D eigenvalue weighted by molar-refractivity contribution is -0.166. The van der Waals surface area contributed by atoms with Gasteiger partial charge >= 0.3 is 0 Å². The minimum Gasteiger partial charge on any atom is -0.370 e. The monoisotopic (exact) mass is 516 g/mol. The number of aromatic amines is 1. The molecule has 1 aliphatic carbocycles. The fourth-order valence-electron chi connectivity index (χ4n) is 7.11. The number of ether oxygens (including phenoxy) is 1. The minimum atomic E-state index is -0.487. The van der Waals surface area contributed by atoms with E-state index in [4.69, 9.17) is 9.72 Å². The van der Waals surface area contributed by atoms with Crippen LogP contribution in [-0.2, 0) is 9.53 Å². The fraction of sp³-hybridized carbons (Fsp3) is 0.516. The first-order chi connectivity index (χ1) is 18.0. The van der Waals surface area contributed by atoms with Gasteiger partial charge in [-0.15, -0.1) is 5.10 Å². The highest BCUT2D eigenvalue weighted by molar-refractivity contribution is 5.88. The average molecular weight is 517 g/mol. The topological polar surface area (TPSA) is 71.1 Å². The van der Waals surface area contributed by atoms with Gasteiger partial charge in [-0.05, 0) is 100 Å². The number of hydrogen-bond donors (Lipinski definition) is 1. The van der Waals surface area contributed by atoms with Gasteiger partial charge < -0.3 is 9.64 Å². The molecule has 1 N–H and O–H groups in total. The van der Waals surface area contributed by atoms with Crippen molar-refractivity contribution in [2.45, 2.75) is 77.4 Å². The first-order valence-electron chi connectivity index (χ1n) is 13.8. The summed E-state index contributed by atoms with van der Waals surface area (Å²) in [6.45, 7) is 10.5. The number of fused-ring (bicyclic) bond motifs is 1. The van der Waals surface area contributed by atoms with Gasteiger partial charge in [0.2, 0.25) is 5.95 Å². The van der Waals surface area contributed by atoms with E-state index in [0.29, 0.717) is 22.6 Å². The Morgan fingerprint density at radius 2 is 1.74 bits per heavy atom. The predicted molar refractivity (Wildman–Crippen MR) is 147 cm³/mol. The number of hydrogen-bond acceptors (Lipinski definition) is 5. The molecule has 0 atom stereocenters. The third kappa shape index (κ3) is 4.89. The predicted octanol–water partition coefficient (Wildman–Crippen LogP) is 6.46. The Kier molecular flexibility index (Phi) is 5.98. The van der Waals surface area contributed by atoms with Crippen LogP contribution >= 0.6 is 0 Å². The van der Waals surface area contributed by atoms with Gasteiger partial charge in [0.25, 0.3) is 0 Å². The molecule has 38 heavy (non-hydrogen) atoms. The maximum Gasteiger partial charge on any atom is 0.240 e. The number of nitrogens with zero attached hydrogens (tertiary/aromatic N) is 3. The summed E-state index contributed by atoms with van der Waals surface area (Å²) in [5.74, 6) is 1.19. The number of Topliss-reactive ketones (excluding diaryl/α,β-unsaturated/α-hetero) is 1. The first-order valence-corrected chi connectivity index (χ1v) is 13.8. The number of carbonyl (C=O) groups is 1. The lowest BCUT2D eigenvalue weighted by atomic mass is 9.62. The number of pyridine rings is 1. The Hall–Kier alpha value is -3.06. The quantitative estimate of drug-likeness (QED) is 0.431. The van der Waals surface area contributed by atoms with Crippen LogP contribution in [0.15, 0.2) is 42.6 Å². The molecule has 2 aliphatic heterocycles. The standard InChI is InChI=1S/C31H37FN4O2/c1-29(2)15-20(16-30(3,4)38-29)13-24(21-5-7-26-25(14-21)28(32)35-34-26)22-6-8-27(33-19-22)36-11-9-31(10-12-36)17-23(37)18-31/h5-8,13-14,19-20H,9-12,15-18H2,1-4H3,(H,34,35). The summed E-state index contributed by atoms with van der Waals surface area (Å²) in [4.78, 5) is 18.8. The average Bonchev–Trinajstić information content (AvgIpc) is 3.20. The molecule has 6 rings (SSSR count). The van der Waals surface area contributed by atoms with Crippen LogP contribution < -0.4 is 4.90 Å². The molecular formula is C31H37FN4O2. The zero-order valence-electron chi connectivity index (χ0n) is 22.8. The summed E-state index contributed by atoms with van der Waals surface area (Å²) >= 11 is 0. The van der Waals surface area contributed by atoms with Crippen LogP contribution in [0.25, 0.3) is 16.5 Å². The molecule has 1 saturated carbocycles. The molecule has 3 fully saturated rings. The van der Waals surface area contributed by atoms with Crippen LogP contribution in [0.3, 0.4) is 0 Å². The summed E-state index contributed by atoms with van der Waals surface area (Å²) in [5.41, 5.74) is 3.48. The number of carbonyl (C=O) groups excluding carboxylic acids is 1. The number of anilines is 1. The molecule has 0 bridgehead atoms. The van der Waals surface area contributed by atoms with E-state index in [0.717, 1.165) is 74.1 Å². The molecule has 3 aromatic rings. The normalized spacial score (nSPS) is 23.1. The van der Waals surface area contributed by atoms with Gasteiger partial charge in [0.1, 0.15) is 11.6 Å². The van der Waals surface area contributed by atoms with Crippen LogP contribution in [0.1, 0.15) is 77.3 Å². The number of nitrogens with one attached hydrogen (secondary N) is 1. The van der Waals surface area contributed by atoms with E-state index in [1.54, 1.807) is 0 Å². The Labute approximate surface area is 223 Å². The molecule has 200 valence electrons. The Morgan fingerprint density at radius 1 is 1.05 bits per heavy atom. The van der Waals surface area contributed by atoms with Gasteiger partial charge in [0.15, 0.2) is 0 Å². The van der Waals surface area contributed by atoms with Crippen LogP contribution in [0, 0.1) is 17.3 Å². The van der Waals surface area contributed by atoms with E-state index in [1.165, 1.54) is 0 Å². The highest BCUT2D eigenvalue weighted by atomic mass is 19.1. The second kappa shape index (κ2) is 9.01. The summed E-state index contributed by atoms with van der Waals surface area (Å²) in [7, 11) is 0. The van der Waals surface area contributed by atoms with Crippen molar-refractivity contribution in [1.82, 2.24) is 15.2 Å². The second-order valence-corrected chi connectivity index (χ2v) is 12.9. The van der Waals surface area contributed by atoms with Crippen molar-refractivity contribution in [3.05, 3.63) is 59.7 Å². The zero-order chi connectivity index (χ0) is 26.7. The van der Waals surface area contributed by atoms with Crippen molar-refractivity contribution in [3.63, 3.8) is 0 Å². The van der Waals surface area contributed by atoms with E-state index in [2.05, 4.69) is 61.0 Å². The first kappa shape index (κ1) is 25.2. The van der Waals surface area contributed by atoms with Crippen LogP contribution in [0.5, 0.6) is 0 Å². The summed E-state index contributed by atoms with van der Waals surface area (Å²) in [5, 5.41) is 6.99. The molecule has 0 unspecified atom stereocenters. The highest BCUT2D eigenvalue weighted by Gasteiger charge is 2.45. The largest absolute Gasteiger partial charge is 0.370 e.